The van der Waals surface area contributed by atoms with Gasteiger partial charge < -0.3 is 10.2 Å². The molecule has 2 aromatic carbocycles. The number of nitrogens with one attached hydrogen (secondary N) is 1. The lowest BCUT2D eigenvalue weighted by Crippen LogP contribution is -2.32. The van der Waals surface area contributed by atoms with E-state index in [1.165, 1.54) is 12.1 Å². The van der Waals surface area contributed by atoms with E-state index in [4.69, 9.17) is 0 Å². The molecule has 0 fully saturated rings. The number of amides is 2. The molecular weight excluding hydrogens is 331 g/mol. The number of anilines is 1. The summed E-state index contributed by atoms with van der Waals surface area (Å²) < 4.78 is 12.9. The molecular formula is C21H23FN2O2. The normalized spacial score (nSPS) is 13.0. The van der Waals surface area contributed by atoms with Crippen molar-refractivity contribution in [1.82, 2.24) is 5.32 Å². The Kier molecular flexibility index (Phi) is 5.35. The second-order valence-electron chi connectivity index (χ2n) is 6.94. The molecule has 5 heteroatoms. The van der Waals surface area contributed by atoms with Crippen LogP contribution in [0, 0.1) is 11.7 Å². The highest BCUT2D eigenvalue weighted by atomic mass is 19.1. The summed E-state index contributed by atoms with van der Waals surface area (Å²) in [7, 11) is 0. The van der Waals surface area contributed by atoms with Crippen LogP contribution in [0.1, 0.15) is 30.5 Å². The minimum atomic E-state index is -0.308. The lowest BCUT2D eigenvalue weighted by molar-refractivity contribution is -0.121. The van der Waals surface area contributed by atoms with Crippen LogP contribution in [0.3, 0.4) is 0 Å². The molecule has 2 aromatic rings. The first-order valence-corrected chi connectivity index (χ1v) is 8.88. The van der Waals surface area contributed by atoms with Gasteiger partial charge in [-0.05, 0) is 41.3 Å². The Bertz CT molecular complexity index is 815. The highest BCUT2D eigenvalue weighted by Crippen LogP contribution is 2.30. The van der Waals surface area contributed by atoms with Gasteiger partial charge in [-0.2, -0.15) is 0 Å². The third kappa shape index (κ3) is 4.10. The molecule has 3 rings (SSSR count). The fraction of sp³-hybridized carbons (Fsp3) is 0.333. The number of carbonyl (C=O) groups excluding carboxylic acids is 2. The highest BCUT2D eigenvalue weighted by Gasteiger charge is 2.26. The molecule has 4 nitrogen and oxygen atoms in total. The van der Waals surface area contributed by atoms with Gasteiger partial charge in [0.25, 0.3) is 0 Å². The van der Waals surface area contributed by atoms with Gasteiger partial charge in [0.15, 0.2) is 0 Å². The molecule has 0 aliphatic carbocycles. The maximum atomic E-state index is 12.9. The van der Waals surface area contributed by atoms with Crippen molar-refractivity contribution >= 4 is 17.5 Å². The summed E-state index contributed by atoms with van der Waals surface area (Å²) in [5.74, 6) is -0.290. The molecule has 0 saturated heterocycles. The van der Waals surface area contributed by atoms with Gasteiger partial charge in [0.05, 0.1) is 6.42 Å². The number of fused-ring (bicyclic) bond motifs is 1. The first-order chi connectivity index (χ1) is 12.4. The van der Waals surface area contributed by atoms with E-state index in [1.54, 1.807) is 12.1 Å². The van der Waals surface area contributed by atoms with E-state index in [0.29, 0.717) is 13.1 Å². The van der Waals surface area contributed by atoms with Crippen molar-refractivity contribution in [2.24, 2.45) is 5.92 Å². The number of halogens is 1. The van der Waals surface area contributed by atoms with Gasteiger partial charge in [-0.1, -0.05) is 38.1 Å². The molecule has 2 amide bonds. The van der Waals surface area contributed by atoms with Crippen LogP contribution < -0.4 is 10.2 Å². The zero-order valence-corrected chi connectivity index (χ0v) is 15.1. The summed E-state index contributed by atoms with van der Waals surface area (Å²) in [5.41, 5.74) is 3.91. The van der Waals surface area contributed by atoms with Crippen LogP contribution >= 0.6 is 0 Å². The van der Waals surface area contributed by atoms with Gasteiger partial charge >= 0.3 is 0 Å². The summed E-state index contributed by atoms with van der Waals surface area (Å²) in [5, 5.41) is 2.89. The van der Waals surface area contributed by atoms with Crippen molar-refractivity contribution in [3.8, 4) is 0 Å². The van der Waals surface area contributed by atoms with Crippen molar-refractivity contribution in [3.63, 3.8) is 0 Å². The largest absolute Gasteiger partial charge is 0.352 e. The predicted octanol–water partition coefficient (Wildman–Crippen LogP) is 3.23. The van der Waals surface area contributed by atoms with E-state index >= 15 is 0 Å². The number of nitrogens with zero attached hydrogens (tertiary/aromatic N) is 1. The number of benzene rings is 2. The summed E-state index contributed by atoms with van der Waals surface area (Å²) in [6.45, 7) is 4.97. The average molecular weight is 354 g/mol. The van der Waals surface area contributed by atoms with Crippen molar-refractivity contribution in [2.45, 2.75) is 33.2 Å². The molecule has 1 aliphatic heterocycles. The Hall–Kier alpha value is -2.69. The fourth-order valence-corrected chi connectivity index (χ4v) is 3.16. The van der Waals surface area contributed by atoms with Crippen LogP contribution in [-0.4, -0.2) is 18.4 Å². The van der Waals surface area contributed by atoms with E-state index in [1.807, 2.05) is 30.9 Å². The van der Waals surface area contributed by atoms with Crippen LogP contribution in [0.25, 0.3) is 0 Å². The highest BCUT2D eigenvalue weighted by molar-refractivity contribution is 5.96. The Labute approximate surface area is 153 Å². The molecule has 1 N–H and O–H groups in total. The van der Waals surface area contributed by atoms with Crippen molar-refractivity contribution in [1.29, 1.82) is 0 Å². The minimum absolute atomic E-state index is 0.0219. The van der Waals surface area contributed by atoms with Crippen LogP contribution in [0.5, 0.6) is 0 Å². The Balaban J connectivity index is 1.59. The van der Waals surface area contributed by atoms with Gasteiger partial charge in [0, 0.05) is 24.7 Å². The van der Waals surface area contributed by atoms with Crippen molar-refractivity contribution in [2.75, 3.05) is 11.4 Å². The first kappa shape index (κ1) is 18.1. The topological polar surface area (TPSA) is 49.4 Å². The van der Waals surface area contributed by atoms with Crippen molar-refractivity contribution in [3.05, 3.63) is 65.0 Å². The van der Waals surface area contributed by atoms with E-state index in [9.17, 15) is 14.0 Å². The molecule has 0 spiro atoms. The molecule has 0 radical (unpaired) electrons. The maximum Gasteiger partial charge on any atom is 0.229 e. The molecule has 0 saturated carbocycles. The Morgan fingerprint density at radius 3 is 2.50 bits per heavy atom. The molecule has 1 aliphatic rings. The Morgan fingerprint density at radius 2 is 1.81 bits per heavy atom. The maximum absolute atomic E-state index is 12.9. The van der Waals surface area contributed by atoms with Gasteiger partial charge in [-0.15, -0.1) is 0 Å². The molecule has 136 valence electrons. The number of carbonyl (C=O) groups is 2. The number of rotatable bonds is 5. The molecule has 26 heavy (non-hydrogen) atoms. The summed E-state index contributed by atoms with van der Waals surface area (Å²) in [6.07, 6.45) is 1.06. The Morgan fingerprint density at radius 1 is 1.12 bits per heavy atom. The van der Waals surface area contributed by atoms with E-state index < -0.39 is 0 Å². The van der Waals surface area contributed by atoms with Crippen molar-refractivity contribution < 1.29 is 14.0 Å². The third-order valence-electron chi connectivity index (χ3n) is 4.57. The SMILES string of the molecule is CC(C)C(=O)N1CCc2cc(CNC(=O)Cc3ccc(F)cc3)ccc21. The summed E-state index contributed by atoms with van der Waals surface area (Å²) in [4.78, 5) is 26.2. The van der Waals surface area contributed by atoms with E-state index in [0.717, 1.165) is 28.8 Å². The van der Waals surface area contributed by atoms with E-state index in [-0.39, 0.29) is 30.0 Å². The number of hydrogen-bond acceptors (Lipinski definition) is 2. The zero-order valence-electron chi connectivity index (χ0n) is 15.1. The quantitative estimate of drug-likeness (QED) is 0.896. The first-order valence-electron chi connectivity index (χ1n) is 8.88. The van der Waals surface area contributed by atoms with Gasteiger partial charge in [0.1, 0.15) is 5.82 Å². The summed E-state index contributed by atoms with van der Waals surface area (Å²) in [6, 6.07) is 11.9. The van der Waals surface area contributed by atoms with Gasteiger partial charge in [0.2, 0.25) is 11.8 Å². The van der Waals surface area contributed by atoms with Gasteiger partial charge in [-0.3, -0.25) is 9.59 Å². The molecule has 0 bridgehead atoms. The number of hydrogen-bond donors (Lipinski definition) is 1. The lowest BCUT2D eigenvalue weighted by atomic mass is 10.1. The zero-order chi connectivity index (χ0) is 18.7. The second-order valence-corrected chi connectivity index (χ2v) is 6.94. The predicted molar refractivity (Wildman–Crippen MR) is 99.3 cm³/mol. The smallest absolute Gasteiger partial charge is 0.229 e. The third-order valence-corrected chi connectivity index (χ3v) is 4.57. The van der Waals surface area contributed by atoms with Gasteiger partial charge in [-0.25, -0.2) is 4.39 Å². The standard InChI is InChI=1S/C21H23FN2O2/c1-14(2)21(26)24-10-9-17-11-16(5-8-19(17)24)13-23-20(25)12-15-3-6-18(22)7-4-15/h3-8,11,14H,9-10,12-13H2,1-2H3,(H,23,25). The van der Waals surface area contributed by atoms with Crippen LogP contribution in [0.2, 0.25) is 0 Å². The second kappa shape index (κ2) is 7.68. The van der Waals surface area contributed by atoms with Crippen LogP contribution in [0.4, 0.5) is 10.1 Å². The molecule has 0 unspecified atom stereocenters. The molecule has 1 heterocycles. The molecule has 0 aromatic heterocycles. The van der Waals surface area contributed by atoms with Crippen LogP contribution in [0.15, 0.2) is 42.5 Å². The van der Waals surface area contributed by atoms with Crippen LogP contribution in [-0.2, 0) is 29.0 Å². The summed E-state index contributed by atoms with van der Waals surface area (Å²) >= 11 is 0. The monoisotopic (exact) mass is 354 g/mol. The lowest BCUT2D eigenvalue weighted by Gasteiger charge is -2.19. The molecule has 0 atom stereocenters. The fourth-order valence-electron chi connectivity index (χ4n) is 3.16. The van der Waals surface area contributed by atoms with E-state index in [2.05, 4.69) is 11.4 Å². The minimum Gasteiger partial charge on any atom is -0.352 e. The average Bonchev–Trinajstić information content (AvgIpc) is 3.04.